The summed E-state index contributed by atoms with van der Waals surface area (Å²) < 4.78 is 7.34. The summed E-state index contributed by atoms with van der Waals surface area (Å²) in [5, 5.41) is 8.44. The third-order valence-corrected chi connectivity index (χ3v) is 3.27. The monoisotopic (exact) mass is 281 g/mol. The van der Waals surface area contributed by atoms with E-state index in [9.17, 15) is 0 Å². The van der Waals surface area contributed by atoms with E-state index >= 15 is 0 Å². The molecule has 0 unspecified atom stereocenters. The lowest BCUT2D eigenvalue weighted by molar-refractivity contribution is 0.469. The number of halogens is 1. The second kappa shape index (κ2) is 6.26. The number of aromatic nitrogens is 2. The van der Waals surface area contributed by atoms with Gasteiger partial charge in [-0.3, -0.25) is 4.68 Å². The summed E-state index contributed by atoms with van der Waals surface area (Å²) in [6, 6.07) is 2.00. The Morgan fingerprint density at radius 1 is 1.47 bits per heavy atom. The number of nitrogens with one attached hydrogen (secondary N) is 1. The summed E-state index contributed by atoms with van der Waals surface area (Å²) in [5.74, 6) is 1.57. The summed E-state index contributed by atoms with van der Waals surface area (Å²) >= 11 is 6.00. The van der Waals surface area contributed by atoms with Crippen LogP contribution in [0, 0.1) is 12.8 Å². The van der Waals surface area contributed by atoms with Crippen molar-refractivity contribution < 1.29 is 4.42 Å². The minimum Gasteiger partial charge on any atom is -0.467 e. The summed E-state index contributed by atoms with van der Waals surface area (Å²) in [6.45, 7) is 8.70. The fourth-order valence-corrected chi connectivity index (χ4v) is 2.03. The zero-order valence-corrected chi connectivity index (χ0v) is 12.4. The van der Waals surface area contributed by atoms with Crippen LogP contribution in [-0.2, 0) is 13.1 Å². The smallest absolute Gasteiger partial charge is 0.129 e. The van der Waals surface area contributed by atoms with E-state index in [1.165, 1.54) is 5.56 Å². The van der Waals surface area contributed by atoms with Gasteiger partial charge in [0.1, 0.15) is 5.76 Å². The Balaban J connectivity index is 1.99. The SMILES string of the molecule is Cc1nn(Cc2occc2CNCC(C)C)cc1Cl. The number of nitrogens with zero attached hydrogens (tertiary/aromatic N) is 2. The van der Waals surface area contributed by atoms with Crippen LogP contribution in [0.1, 0.15) is 30.9 Å². The average molecular weight is 282 g/mol. The second-order valence-corrected chi connectivity index (χ2v) is 5.56. The zero-order chi connectivity index (χ0) is 13.8. The molecule has 0 fully saturated rings. The predicted molar refractivity (Wildman–Crippen MR) is 76.3 cm³/mol. The van der Waals surface area contributed by atoms with E-state index < -0.39 is 0 Å². The lowest BCUT2D eigenvalue weighted by Crippen LogP contribution is -2.19. The molecule has 0 amide bonds. The van der Waals surface area contributed by atoms with E-state index in [0.29, 0.717) is 17.5 Å². The quantitative estimate of drug-likeness (QED) is 0.884. The minimum atomic E-state index is 0.610. The number of aryl methyl sites for hydroxylation is 1. The summed E-state index contributed by atoms with van der Waals surface area (Å²) in [4.78, 5) is 0. The van der Waals surface area contributed by atoms with Crippen LogP contribution in [0.5, 0.6) is 0 Å². The molecule has 0 bridgehead atoms. The van der Waals surface area contributed by atoms with Gasteiger partial charge in [-0.1, -0.05) is 25.4 Å². The predicted octanol–water partition coefficient (Wildman–Crippen LogP) is 3.23. The highest BCUT2D eigenvalue weighted by Crippen LogP contribution is 2.16. The van der Waals surface area contributed by atoms with Crippen LogP contribution in [0.25, 0.3) is 0 Å². The van der Waals surface area contributed by atoms with Gasteiger partial charge in [-0.05, 0) is 25.5 Å². The number of hydrogen-bond acceptors (Lipinski definition) is 3. The molecule has 2 aromatic rings. The van der Waals surface area contributed by atoms with Gasteiger partial charge in [0.15, 0.2) is 0 Å². The molecule has 104 valence electrons. The Hall–Kier alpha value is -1.26. The molecule has 1 N–H and O–H groups in total. The van der Waals surface area contributed by atoms with Crippen LogP contribution in [0.3, 0.4) is 0 Å². The van der Waals surface area contributed by atoms with E-state index in [1.807, 2.05) is 23.9 Å². The first-order chi connectivity index (χ1) is 9.06. The van der Waals surface area contributed by atoms with Gasteiger partial charge in [0, 0.05) is 18.3 Å². The molecular formula is C14H20ClN3O. The van der Waals surface area contributed by atoms with E-state index in [1.54, 1.807) is 6.26 Å². The van der Waals surface area contributed by atoms with Crippen molar-refractivity contribution in [2.75, 3.05) is 6.54 Å². The molecule has 19 heavy (non-hydrogen) atoms. The second-order valence-electron chi connectivity index (χ2n) is 5.15. The molecule has 2 heterocycles. The Morgan fingerprint density at radius 3 is 2.89 bits per heavy atom. The number of furan rings is 1. The first kappa shape index (κ1) is 14.2. The van der Waals surface area contributed by atoms with Crippen molar-refractivity contribution in [3.05, 3.63) is 40.6 Å². The molecule has 0 aromatic carbocycles. The van der Waals surface area contributed by atoms with Crippen LogP contribution in [0.4, 0.5) is 0 Å². The molecule has 5 heteroatoms. The molecule has 0 aliphatic heterocycles. The van der Waals surface area contributed by atoms with Crippen molar-refractivity contribution in [3.8, 4) is 0 Å². The lowest BCUT2D eigenvalue weighted by Gasteiger charge is -2.07. The van der Waals surface area contributed by atoms with Crippen molar-refractivity contribution in [1.29, 1.82) is 0 Å². The molecule has 0 atom stereocenters. The van der Waals surface area contributed by atoms with Gasteiger partial charge in [0.05, 0.1) is 23.5 Å². The zero-order valence-electron chi connectivity index (χ0n) is 11.6. The van der Waals surface area contributed by atoms with Crippen LogP contribution >= 0.6 is 11.6 Å². The first-order valence-corrected chi connectivity index (χ1v) is 6.89. The Morgan fingerprint density at radius 2 is 2.26 bits per heavy atom. The molecule has 0 saturated heterocycles. The Labute approximate surface area is 118 Å². The Bertz CT molecular complexity index is 511. The molecule has 0 spiro atoms. The third kappa shape index (κ3) is 3.85. The van der Waals surface area contributed by atoms with Gasteiger partial charge in [-0.25, -0.2) is 0 Å². The van der Waals surface area contributed by atoms with Gasteiger partial charge >= 0.3 is 0 Å². The number of rotatable bonds is 6. The molecule has 0 aliphatic rings. The van der Waals surface area contributed by atoms with Crippen molar-refractivity contribution in [1.82, 2.24) is 15.1 Å². The highest BCUT2D eigenvalue weighted by Gasteiger charge is 2.09. The van der Waals surface area contributed by atoms with Gasteiger partial charge in [-0.15, -0.1) is 0 Å². The van der Waals surface area contributed by atoms with Crippen LogP contribution in [0.2, 0.25) is 5.02 Å². The maximum atomic E-state index is 6.00. The highest BCUT2D eigenvalue weighted by molar-refractivity contribution is 6.31. The van der Waals surface area contributed by atoms with Gasteiger partial charge in [0.2, 0.25) is 0 Å². The molecule has 2 aromatic heterocycles. The van der Waals surface area contributed by atoms with Crippen LogP contribution in [-0.4, -0.2) is 16.3 Å². The largest absolute Gasteiger partial charge is 0.467 e. The standard InChI is InChI=1S/C14H20ClN3O/c1-10(2)6-16-7-12-4-5-19-14(12)9-18-8-13(15)11(3)17-18/h4-5,8,10,16H,6-7,9H2,1-3H3. The van der Waals surface area contributed by atoms with E-state index in [2.05, 4.69) is 24.3 Å². The van der Waals surface area contributed by atoms with Gasteiger partial charge in [0.25, 0.3) is 0 Å². The summed E-state index contributed by atoms with van der Waals surface area (Å²) in [7, 11) is 0. The van der Waals surface area contributed by atoms with Gasteiger partial charge < -0.3 is 9.73 Å². The molecular weight excluding hydrogens is 262 g/mol. The minimum absolute atomic E-state index is 0.610. The maximum absolute atomic E-state index is 6.00. The number of hydrogen-bond donors (Lipinski definition) is 1. The molecule has 0 saturated carbocycles. The first-order valence-electron chi connectivity index (χ1n) is 6.51. The molecule has 0 aliphatic carbocycles. The van der Waals surface area contributed by atoms with Crippen LogP contribution in [0.15, 0.2) is 22.9 Å². The van der Waals surface area contributed by atoms with Gasteiger partial charge in [-0.2, -0.15) is 5.10 Å². The third-order valence-electron chi connectivity index (χ3n) is 2.90. The Kier molecular flexibility index (Phi) is 4.66. The molecule has 0 radical (unpaired) electrons. The molecule has 4 nitrogen and oxygen atoms in total. The average Bonchev–Trinajstić information content (AvgIpc) is 2.88. The van der Waals surface area contributed by atoms with Crippen molar-refractivity contribution in [2.24, 2.45) is 5.92 Å². The summed E-state index contributed by atoms with van der Waals surface area (Å²) in [6.07, 6.45) is 3.55. The lowest BCUT2D eigenvalue weighted by atomic mass is 10.2. The van der Waals surface area contributed by atoms with Crippen molar-refractivity contribution in [2.45, 2.75) is 33.9 Å². The fourth-order valence-electron chi connectivity index (χ4n) is 1.88. The van der Waals surface area contributed by atoms with E-state index in [0.717, 1.165) is 24.5 Å². The van der Waals surface area contributed by atoms with E-state index in [4.69, 9.17) is 16.0 Å². The highest BCUT2D eigenvalue weighted by atomic mass is 35.5. The molecule has 2 rings (SSSR count). The normalized spacial score (nSPS) is 11.4. The maximum Gasteiger partial charge on any atom is 0.129 e. The van der Waals surface area contributed by atoms with E-state index in [-0.39, 0.29) is 0 Å². The van der Waals surface area contributed by atoms with Crippen molar-refractivity contribution >= 4 is 11.6 Å². The van der Waals surface area contributed by atoms with Crippen molar-refractivity contribution in [3.63, 3.8) is 0 Å². The summed E-state index contributed by atoms with van der Waals surface area (Å²) in [5.41, 5.74) is 2.01. The topological polar surface area (TPSA) is 43.0 Å². The van der Waals surface area contributed by atoms with Crippen LogP contribution < -0.4 is 5.32 Å². The fraction of sp³-hybridized carbons (Fsp3) is 0.500.